The Kier molecular flexibility index (Phi) is 5.24. The number of aromatic amines is 1. The molecule has 0 bridgehead atoms. The van der Waals surface area contributed by atoms with Crippen molar-refractivity contribution in [3.05, 3.63) is 68.9 Å². The molecule has 122 valence electrons. The topological polar surface area (TPSA) is 68.1 Å². The molecule has 0 fully saturated rings. The molecule has 6 nitrogen and oxygen atoms in total. The number of H-pyrrole nitrogens is 1. The van der Waals surface area contributed by atoms with Crippen LogP contribution in [0.25, 0.3) is 0 Å². The van der Waals surface area contributed by atoms with Crippen LogP contribution >= 0.6 is 35.4 Å². The number of hydrogen-bond acceptors (Lipinski definition) is 5. The summed E-state index contributed by atoms with van der Waals surface area (Å²) in [5.41, 5.74) is 0.838. The maximum Gasteiger partial charge on any atom is 0.216 e. The Morgan fingerprint density at radius 1 is 1.33 bits per heavy atom. The van der Waals surface area contributed by atoms with Crippen LogP contribution in [0, 0.1) is 4.77 Å². The number of hydrogen-bond donors (Lipinski definition) is 1. The van der Waals surface area contributed by atoms with Gasteiger partial charge in [0.15, 0.2) is 5.82 Å². The van der Waals surface area contributed by atoms with Crippen molar-refractivity contribution in [1.29, 1.82) is 0 Å². The van der Waals surface area contributed by atoms with E-state index in [-0.39, 0.29) is 6.61 Å². The molecule has 24 heavy (non-hydrogen) atoms. The summed E-state index contributed by atoms with van der Waals surface area (Å²) in [4.78, 5) is 4.02. The lowest BCUT2D eigenvalue weighted by Crippen LogP contribution is -2.04. The van der Waals surface area contributed by atoms with Gasteiger partial charge in [-0.15, -0.1) is 0 Å². The van der Waals surface area contributed by atoms with Crippen molar-refractivity contribution in [2.45, 2.75) is 6.61 Å². The van der Waals surface area contributed by atoms with E-state index < -0.39 is 0 Å². The molecule has 0 aliphatic carbocycles. The number of halogens is 2. The number of benzene rings is 1. The normalized spacial score (nSPS) is 11.1. The predicted molar refractivity (Wildman–Crippen MR) is 95.4 cm³/mol. The van der Waals surface area contributed by atoms with Gasteiger partial charge >= 0.3 is 0 Å². The zero-order chi connectivity index (χ0) is 16.9. The minimum Gasteiger partial charge on any atom is -0.484 e. The number of rotatable bonds is 5. The van der Waals surface area contributed by atoms with Crippen molar-refractivity contribution in [3.63, 3.8) is 0 Å². The van der Waals surface area contributed by atoms with Crippen LogP contribution in [0.1, 0.15) is 11.4 Å². The number of pyridine rings is 1. The standard InChI is InChI=1S/C15H11Cl2N5OS/c16-11-3-4-12(17)13(6-11)23-9-14-20-21-15(24)22(14)19-8-10-2-1-5-18-7-10/h1-8H,9H2,(H,21,24)/b19-8-. The van der Waals surface area contributed by atoms with E-state index in [9.17, 15) is 0 Å². The number of nitrogens with one attached hydrogen (secondary N) is 1. The molecular weight excluding hydrogens is 369 g/mol. The third-order valence-corrected chi connectivity index (χ3v) is 3.79. The van der Waals surface area contributed by atoms with Crippen molar-refractivity contribution in [2.24, 2.45) is 5.10 Å². The van der Waals surface area contributed by atoms with E-state index >= 15 is 0 Å². The van der Waals surface area contributed by atoms with Crippen LogP contribution in [-0.2, 0) is 6.61 Å². The molecule has 0 atom stereocenters. The van der Waals surface area contributed by atoms with Gasteiger partial charge < -0.3 is 4.74 Å². The van der Waals surface area contributed by atoms with Crippen molar-refractivity contribution in [2.75, 3.05) is 0 Å². The Morgan fingerprint density at radius 2 is 2.21 bits per heavy atom. The fourth-order valence-electron chi connectivity index (χ4n) is 1.84. The second kappa shape index (κ2) is 7.57. The fraction of sp³-hybridized carbons (Fsp3) is 0.0667. The quantitative estimate of drug-likeness (QED) is 0.535. The van der Waals surface area contributed by atoms with Crippen LogP contribution in [-0.4, -0.2) is 26.1 Å². The van der Waals surface area contributed by atoms with Gasteiger partial charge in [-0.05, 0) is 30.4 Å². The smallest absolute Gasteiger partial charge is 0.216 e. The van der Waals surface area contributed by atoms with Gasteiger partial charge in [-0.1, -0.05) is 29.3 Å². The van der Waals surface area contributed by atoms with Gasteiger partial charge in [-0.2, -0.15) is 14.9 Å². The zero-order valence-electron chi connectivity index (χ0n) is 12.2. The van der Waals surface area contributed by atoms with E-state index in [0.29, 0.717) is 26.4 Å². The van der Waals surface area contributed by atoms with Gasteiger partial charge in [-0.25, -0.2) is 5.10 Å². The van der Waals surface area contributed by atoms with Crippen molar-refractivity contribution in [1.82, 2.24) is 19.9 Å². The van der Waals surface area contributed by atoms with E-state index in [1.54, 1.807) is 36.8 Å². The molecule has 0 radical (unpaired) electrons. The number of aromatic nitrogens is 4. The van der Waals surface area contributed by atoms with Crippen molar-refractivity contribution < 1.29 is 4.74 Å². The molecule has 0 unspecified atom stereocenters. The minimum atomic E-state index is 0.123. The van der Waals surface area contributed by atoms with Gasteiger partial charge in [0.1, 0.15) is 12.4 Å². The van der Waals surface area contributed by atoms with Crippen LogP contribution in [0.5, 0.6) is 5.75 Å². The summed E-state index contributed by atoms with van der Waals surface area (Å²) >= 11 is 17.2. The third kappa shape index (κ3) is 4.00. The first-order chi connectivity index (χ1) is 11.6. The summed E-state index contributed by atoms with van der Waals surface area (Å²) in [5.74, 6) is 0.956. The predicted octanol–water partition coefficient (Wildman–Crippen LogP) is 4.10. The highest BCUT2D eigenvalue weighted by atomic mass is 35.5. The van der Waals surface area contributed by atoms with E-state index in [1.165, 1.54) is 4.68 Å². The summed E-state index contributed by atoms with van der Waals surface area (Å²) in [6, 6.07) is 8.68. The number of ether oxygens (including phenoxy) is 1. The Balaban J connectivity index is 1.79. The highest BCUT2D eigenvalue weighted by molar-refractivity contribution is 7.71. The van der Waals surface area contributed by atoms with Gasteiger partial charge in [-0.3, -0.25) is 4.98 Å². The number of nitrogens with zero attached hydrogens (tertiary/aromatic N) is 4. The van der Waals surface area contributed by atoms with Crippen LogP contribution in [0.4, 0.5) is 0 Å². The van der Waals surface area contributed by atoms with Crippen LogP contribution in [0.3, 0.4) is 0 Å². The molecule has 0 aliphatic rings. The summed E-state index contributed by atoms with van der Waals surface area (Å²) in [6.07, 6.45) is 5.01. The van der Waals surface area contributed by atoms with E-state index in [2.05, 4.69) is 20.3 Å². The Bertz CT molecular complexity index is 923. The molecule has 0 spiro atoms. The Labute approximate surface area is 152 Å². The largest absolute Gasteiger partial charge is 0.484 e. The highest BCUT2D eigenvalue weighted by Gasteiger charge is 2.08. The Morgan fingerprint density at radius 3 is 3.00 bits per heavy atom. The molecule has 1 aromatic carbocycles. The van der Waals surface area contributed by atoms with Gasteiger partial charge in [0.2, 0.25) is 4.77 Å². The first kappa shape index (κ1) is 16.6. The molecule has 0 aliphatic heterocycles. The van der Waals surface area contributed by atoms with Crippen LogP contribution in [0.2, 0.25) is 10.0 Å². The molecule has 0 saturated carbocycles. The zero-order valence-corrected chi connectivity index (χ0v) is 14.5. The summed E-state index contributed by atoms with van der Waals surface area (Å²) in [7, 11) is 0. The Hall–Kier alpha value is -2.22. The average Bonchev–Trinajstić information content (AvgIpc) is 2.95. The molecule has 0 saturated heterocycles. The van der Waals surface area contributed by atoms with Gasteiger partial charge in [0.25, 0.3) is 0 Å². The maximum atomic E-state index is 6.07. The van der Waals surface area contributed by atoms with Crippen molar-refractivity contribution >= 4 is 41.6 Å². The molecule has 9 heteroatoms. The molecule has 3 rings (SSSR count). The first-order valence-corrected chi connectivity index (χ1v) is 7.98. The second-order valence-electron chi connectivity index (χ2n) is 4.65. The summed E-state index contributed by atoms with van der Waals surface area (Å²) in [5, 5.41) is 12.1. The van der Waals surface area contributed by atoms with E-state index in [0.717, 1.165) is 5.56 Å². The second-order valence-corrected chi connectivity index (χ2v) is 5.88. The lowest BCUT2D eigenvalue weighted by atomic mass is 10.3. The van der Waals surface area contributed by atoms with Gasteiger partial charge in [0.05, 0.1) is 11.2 Å². The SMILES string of the molecule is S=c1[nH]nc(COc2cc(Cl)ccc2Cl)n1/N=C\c1cccnc1. The highest BCUT2D eigenvalue weighted by Crippen LogP contribution is 2.28. The first-order valence-electron chi connectivity index (χ1n) is 6.82. The maximum absolute atomic E-state index is 6.07. The van der Waals surface area contributed by atoms with E-state index in [1.807, 2.05) is 12.1 Å². The van der Waals surface area contributed by atoms with Crippen molar-refractivity contribution in [3.8, 4) is 5.75 Å². The minimum absolute atomic E-state index is 0.123. The summed E-state index contributed by atoms with van der Waals surface area (Å²) in [6.45, 7) is 0.123. The third-order valence-electron chi connectivity index (χ3n) is 2.97. The van der Waals surface area contributed by atoms with Crippen LogP contribution in [0.15, 0.2) is 47.8 Å². The molecule has 1 N–H and O–H groups in total. The van der Waals surface area contributed by atoms with E-state index in [4.69, 9.17) is 40.2 Å². The molecule has 2 heterocycles. The average molecular weight is 380 g/mol. The van der Waals surface area contributed by atoms with Gasteiger partial charge in [0, 0.05) is 29.0 Å². The molecule has 0 amide bonds. The molecular formula is C15H11Cl2N5OS. The monoisotopic (exact) mass is 379 g/mol. The fourth-order valence-corrected chi connectivity index (χ4v) is 2.38. The lowest BCUT2D eigenvalue weighted by Gasteiger charge is -2.07. The lowest BCUT2D eigenvalue weighted by molar-refractivity contribution is 0.291. The molecule has 2 aromatic heterocycles. The van der Waals surface area contributed by atoms with Crippen LogP contribution < -0.4 is 4.74 Å². The molecule has 3 aromatic rings. The summed E-state index contributed by atoms with van der Waals surface area (Å²) < 4.78 is 7.48.